The molecule has 0 bridgehead atoms. The van der Waals surface area contributed by atoms with Crippen LogP contribution < -0.4 is 10.6 Å². The maximum atomic E-state index is 12.3. The van der Waals surface area contributed by atoms with Gasteiger partial charge in [0.1, 0.15) is 5.82 Å². The second-order valence-electron chi connectivity index (χ2n) is 7.49. The SMILES string of the molecule is CCCC(=O)Nc1cccnc1NCc1ccc(-c2ccc(C(=O)OC)cc2C(=O)OC)cc1. The molecule has 0 aliphatic rings. The molecular weight excluding hydrogens is 434 g/mol. The fourth-order valence-corrected chi connectivity index (χ4v) is 3.39. The van der Waals surface area contributed by atoms with Crippen molar-refractivity contribution in [3.8, 4) is 11.1 Å². The van der Waals surface area contributed by atoms with Crippen LogP contribution in [0.15, 0.2) is 60.8 Å². The van der Waals surface area contributed by atoms with Gasteiger partial charge in [0.15, 0.2) is 0 Å². The van der Waals surface area contributed by atoms with Crippen molar-refractivity contribution in [2.75, 3.05) is 24.9 Å². The Morgan fingerprint density at radius 3 is 2.35 bits per heavy atom. The first-order chi connectivity index (χ1) is 16.5. The average Bonchev–Trinajstić information content (AvgIpc) is 2.87. The number of nitrogens with one attached hydrogen (secondary N) is 2. The van der Waals surface area contributed by atoms with Crippen LogP contribution in [0.5, 0.6) is 0 Å². The van der Waals surface area contributed by atoms with Gasteiger partial charge < -0.3 is 20.1 Å². The quantitative estimate of drug-likeness (QED) is 0.446. The first-order valence-corrected chi connectivity index (χ1v) is 10.9. The zero-order valence-corrected chi connectivity index (χ0v) is 19.4. The van der Waals surface area contributed by atoms with Gasteiger partial charge in [0.05, 0.1) is 31.0 Å². The summed E-state index contributed by atoms with van der Waals surface area (Å²) in [6.07, 6.45) is 2.88. The number of hydrogen-bond acceptors (Lipinski definition) is 7. The van der Waals surface area contributed by atoms with Crippen LogP contribution in [-0.4, -0.2) is 37.0 Å². The van der Waals surface area contributed by atoms with Crippen LogP contribution in [-0.2, 0) is 20.8 Å². The van der Waals surface area contributed by atoms with Crippen molar-refractivity contribution in [1.29, 1.82) is 0 Å². The summed E-state index contributed by atoms with van der Waals surface area (Å²) in [5, 5.41) is 6.13. The Kier molecular flexibility index (Phi) is 8.34. The molecular formula is C26H27N3O5. The summed E-state index contributed by atoms with van der Waals surface area (Å²) in [5.41, 5.74) is 3.59. The number of ether oxygens (including phenoxy) is 2. The Labute approximate surface area is 198 Å². The van der Waals surface area contributed by atoms with E-state index >= 15 is 0 Å². The summed E-state index contributed by atoms with van der Waals surface area (Å²) in [7, 11) is 2.58. The first kappa shape index (κ1) is 24.4. The van der Waals surface area contributed by atoms with Crippen LogP contribution in [0, 0.1) is 0 Å². The molecule has 8 nitrogen and oxygen atoms in total. The molecule has 34 heavy (non-hydrogen) atoms. The number of methoxy groups -OCH3 is 2. The zero-order valence-electron chi connectivity index (χ0n) is 19.4. The summed E-state index contributed by atoms with van der Waals surface area (Å²) in [4.78, 5) is 40.5. The topological polar surface area (TPSA) is 107 Å². The van der Waals surface area contributed by atoms with E-state index in [1.807, 2.05) is 31.2 Å². The highest BCUT2D eigenvalue weighted by atomic mass is 16.5. The van der Waals surface area contributed by atoms with Crippen molar-refractivity contribution in [3.63, 3.8) is 0 Å². The van der Waals surface area contributed by atoms with Gasteiger partial charge in [0, 0.05) is 19.2 Å². The average molecular weight is 462 g/mol. The van der Waals surface area contributed by atoms with Crippen molar-refractivity contribution in [2.24, 2.45) is 0 Å². The predicted octanol–water partition coefficient (Wildman–Crippen LogP) is 4.67. The van der Waals surface area contributed by atoms with E-state index in [1.165, 1.54) is 20.3 Å². The van der Waals surface area contributed by atoms with Crippen LogP contribution in [0.25, 0.3) is 11.1 Å². The van der Waals surface area contributed by atoms with Gasteiger partial charge in [-0.1, -0.05) is 37.3 Å². The smallest absolute Gasteiger partial charge is 0.338 e. The maximum Gasteiger partial charge on any atom is 0.338 e. The molecule has 3 rings (SSSR count). The molecule has 1 heterocycles. The molecule has 0 spiro atoms. The lowest BCUT2D eigenvalue weighted by Gasteiger charge is -2.13. The molecule has 0 radical (unpaired) electrons. The van der Waals surface area contributed by atoms with Gasteiger partial charge >= 0.3 is 11.9 Å². The fraction of sp³-hybridized carbons (Fsp3) is 0.231. The standard InChI is InChI=1S/C26H27N3O5/c1-4-6-23(30)29-22-7-5-14-27-24(22)28-16-17-8-10-18(11-9-17)20-13-12-19(25(31)33-2)15-21(20)26(32)34-3/h5,7-15H,4,6,16H2,1-3H3,(H,27,28)(H,29,30). The molecule has 0 aliphatic heterocycles. The second-order valence-corrected chi connectivity index (χ2v) is 7.49. The molecule has 0 atom stereocenters. The highest BCUT2D eigenvalue weighted by Gasteiger charge is 2.17. The summed E-state index contributed by atoms with van der Waals surface area (Å²) in [6.45, 7) is 2.44. The van der Waals surface area contributed by atoms with E-state index in [9.17, 15) is 14.4 Å². The van der Waals surface area contributed by atoms with Crippen molar-refractivity contribution in [2.45, 2.75) is 26.3 Å². The number of aromatic nitrogens is 1. The highest BCUT2D eigenvalue weighted by molar-refractivity contribution is 6.01. The highest BCUT2D eigenvalue weighted by Crippen LogP contribution is 2.27. The molecule has 0 saturated carbocycles. The first-order valence-electron chi connectivity index (χ1n) is 10.9. The second kappa shape index (κ2) is 11.6. The van der Waals surface area contributed by atoms with Crippen LogP contribution in [0.4, 0.5) is 11.5 Å². The molecule has 0 unspecified atom stereocenters. The van der Waals surface area contributed by atoms with E-state index in [1.54, 1.807) is 30.5 Å². The molecule has 1 amide bonds. The molecule has 2 aromatic carbocycles. The van der Waals surface area contributed by atoms with E-state index < -0.39 is 11.9 Å². The minimum atomic E-state index is -0.542. The Hall–Kier alpha value is -4.20. The van der Waals surface area contributed by atoms with Gasteiger partial charge in [-0.3, -0.25) is 4.79 Å². The van der Waals surface area contributed by atoms with E-state index in [-0.39, 0.29) is 17.0 Å². The monoisotopic (exact) mass is 461 g/mol. The van der Waals surface area contributed by atoms with Crippen LogP contribution in [0.1, 0.15) is 46.0 Å². The maximum absolute atomic E-state index is 12.3. The Morgan fingerprint density at radius 2 is 1.68 bits per heavy atom. The van der Waals surface area contributed by atoms with Gasteiger partial charge in [0.2, 0.25) is 5.91 Å². The van der Waals surface area contributed by atoms with Gasteiger partial charge in [-0.25, -0.2) is 14.6 Å². The van der Waals surface area contributed by atoms with Crippen LogP contribution in [0.3, 0.4) is 0 Å². The molecule has 8 heteroatoms. The van der Waals surface area contributed by atoms with Crippen LogP contribution >= 0.6 is 0 Å². The number of anilines is 2. The molecule has 0 aliphatic carbocycles. The summed E-state index contributed by atoms with van der Waals surface area (Å²) in [6, 6.07) is 16.0. The van der Waals surface area contributed by atoms with E-state index in [0.717, 1.165) is 17.5 Å². The van der Waals surface area contributed by atoms with Crippen molar-refractivity contribution >= 4 is 29.4 Å². The summed E-state index contributed by atoms with van der Waals surface area (Å²) >= 11 is 0. The lowest BCUT2D eigenvalue weighted by molar-refractivity contribution is -0.116. The summed E-state index contributed by atoms with van der Waals surface area (Å²) < 4.78 is 9.64. The molecule has 1 aromatic heterocycles. The van der Waals surface area contributed by atoms with Crippen molar-refractivity contribution < 1.29 is 23.9 Å². The number of nitrogens with zero attached hydrogens (tertiary/aromatic N) is 1. The molecule has 3 aromatic rings. The van der Waals surface area contributed by atoms with E-state index in [2.05, 4.69) is 15.6 Å². The van der Waals surface area contributed by atoms with Crippen molar-refractivity contribution in [3.05, 3.63) is 77.5 Å². The largest absolute Gasteiger partial charge is 0.465 e. The number of pyridine rings is 1. The number of rotatable bonds is 9. The Morgan fingerprint density at radius 1 is 0.941 bits per heavy atom. The minimum Gasteiger partial charge on any atom is -0.465 e. The third-order valence-corrected chi connectivity index (χ3v) is 5.13. The van der Waals surface area contributed by atoms with Gasteiger partial charge in [-0.05, 0) is 47.4 Å². The third-order valence-electron chi connectivity index (χ3n) is 5.13. The van der Waals surface area contributed by atoms with Gasteiger partial charge in [-0.15, -0.1) is 0 Å². The molecule has 0 saturated heterocycles. The summed E-state index contributed by atoms with van der Waals surface area (Å²) in [5.74, 6) is -0.540. The number of benzene rings is 2. The van der Waals surface area contributed by atoms with Crippen molar-refractivity contribution in [1.82, 2.24) is 4.98 Å². The number of esters is 2. The zero-order chi connectivity index (χ0) is 24.5. The van der Waals surface area contributed by atoms with E-state index in [4.69, 9.17) is 9.47 Å². The Balaban J connectivity index is 1.77. The van der Waals surface area contributed by atoms with Gasteiger partial charge in [-0.2, -0.15) is 0 Å². The number of hydrogen-bond donors (Lipinski definition) is 2. The number of carbonyl (C=O) groups excluding carboxylic acids is 3. The third kappa shape index (κ3) is 5.98. The van der Waals surface area contributed by atoms with Crippen LogP contribution in [0.2, 0.25) is 0 Å². The molecule has 2 N–H and O–H groups in total. The fourth-order valence-electron chi connectivity index (χ4n) is 3.39. The van der Waals surface area contributed by atoms with E-state index in [0.29, 0.717) is 30.0 Å². The molecule has 176 valence electrons. The lowest BCUT2D eigenvalue weighted by Crippen LogP contribution is -2.13. The number of amides is 1. The lowest BCUT2D eigenvalue weighted by atomic mass is 9.96. The number of carbonyl (C=O) groups is 3. The Bertz CT molecular complexity index is 1180. The minimum absolute atomic E-state index is 0.0532. The predicted molar refractivity (Wildman–Crippen MR) is 130 cm³/mol. The molecule has 0 fully saturated rings. The van der Waals surface area contributed by atoms with Gasteiger partial charge in [0.25, 0.3) is 0 Å². The normalized spacial score (nSPS) is 10.3.